The lowest BCUT2D eigenvalue weighted by Crippen LogP contribution is -2.32. The number of ether oxygens (including phenoxy) is 1. The summed E-state index contributed by atoms with van der Waals surface area (Å²) in [7, 11) is 1.61. The van der Waals surface area contributed by atoms with Crippen molar-refractivity contribution >= 4 is 11.8 Å². The summed E-state index contributed by atoms with van der Waals surface area (Å²) in [6.07, 6.45) is 5.48. The maximum Gasteiger partial charge on any atom is 0.225 e. The Kier molecular flexibility index (Phi) is 5.74. The van der Waals surface area contributed by atoms with Gasteiger partial charge < -0.3 is 15.0 Å². The van der Waals surface area contributed by atoms with E-state index in [1.54, 1.807) is 29.1 Å². The predicted octanol–water partition coefficient (Wildman–Crippen LogP) is 1.94. The highest BCUT2D eigenvalue weighted by Gasteiger charge is 2.34. The molecule has 3 heterocycles. The first-order valence-corrected chi connectivity index (χ1v) is 9.76. The van der Waals surface area contributed by atoms with E-state index in [2.05, 4.69) is 15.4 Å². The van der Waals surface area contributed by atoms with Gasteiger partial charge in [0.05, 0.1) is 31.5 Å². The van der Waals surface area contributed by atoms with Crippen molar-refractivity contribution in [2.24, 2.45) is 5.92 Å². The van der Waals surface area contributed by atoms with E-state index in [1.807, 2.05) is 48.7 Å². The lowest BCUT2D eigenvalue weighted by molar-refractivity contribution is -0.129. The van der Waals surface area contributed by atoms with Gasteiger partial charge in [0, 0.05) is 37.5 Å². The molecule has 8 heteroatoms. The van der Waals surface area contributed by atoms with Crippen LogP contribution < -0.4 is 10.1 Å². The maximum absolute atomic E-state index is 12.6. The molecule has 154 valence electrons. The summed E-state index contributed by atoms with van der Waals surface area (Å²) in [6, 6.07) is 13.2. The van der Waals surface area contributed by atoms with Crippen molar-refractivity contribution in [2.45, 2.75) is 19.5 Å². The molecule has 1 aromatic carbocycles. The Morgan fingerprint density at radius 1 is 1.23 bits per heavy atom. The summed E-state index contributed by atoms with van der Waals surface area (Å²) in [5.74, 6) is 0.209. The molecule has 30 heavy (non-hydrogen) atoms. The van der Waals surface area contributed by atoms with E-state index < -0.39 is 0 Å². The highest BCUT2D eigenvalue weighted by atomic mass is 16.5. The van der Waals surface area contributed by atoms with Crippen LogP contribution >= 0.6 is 0 Å². The number of carbonyl (C=O) groups is 2. The number of benzene rings is 1. The number of hydrogen-bond acceptors (Lipinski definition) is 5. The fourth-order valence-electron chi connectivity index (χ4n) is 3.52. The summed E-state index contributed by atoms with van der Waals surface area (Å²) < 4.78 is 7.08. The van der Waals surface area contributed by atoms with E-state index in [4.69, 9.17) is 4.74 Å². The van der Waals surface area contributed by atoms with Gasteiger partial charge in [0.1, 0.15) is 11.4 Å². The molecule has 2 amide bonds. The van der Waals surface area contributed by atoms with Crippen LogP contribution in [-0.2, 0) is 22.7 Å². The first kappa shape index (κ1) is 19.6. The summed E-state index contributed by atoms with van der Waals surface area (Å²) in [4.78, 5) is 30.8. The zero-order valence-corrected chi connectivity index (χ0v) is 16.7. The second-order valence-corrected chi connectivity index (χ2v) is 7.18. The lowest BCUT2D eigenvalue weighted by atomic mass is 10.1. The number of aromatic nitrogens is 3. The fraction of sp³-hybridized carbons (Fsp3) is 0.273. The molecule has 1 aliphatic heterocycles. The van der Waals surface area contributed by atoms with Crippen LogP contribution in [0, 0.1) is 5.92 Å². The average molecular weight is 405 g/mol. The van der Waals surface area contributed by atoms with Gasteiger partial charge in [0.2, 0.25) is 11.8 Å². The van der Waals surface area contributed by atoms with Crippen molar-refractivity contribution in [1.82, 2.24) is 25.0 Å². The summed E-state index contributed by atoms with van der Waals surface area (Å²) in [6.45, 7) is 1.18. The van der Waals surface area contributed by atoms with Crippen LogP contribution in [0.25, 0.3) is 5.69 Å². The van der Waals surface area contributed by atoms with Gasteiger partial charge in [-0.1, -0.05) is 18.2 Å². The van der Waals surface area contributed by atoms with Crippen LogP contribution in [0.2, 0.25) is 0 Å². The molecule has 1 fully saturated rings. The molecule has 1 saturated heterocycles. The quantitative estimate of drug-likeness (QED) is 0.649. The molecule has 0 unspecified atom stereocenters. The molecule has 1 N–H and O–H groups in total. The predicted molar refractivity (Wildman–Crippen MR) is 110 cm³/mol. The molecular weight excluding hydrogens is 382 g/mol. The number of methoxy groups -OCH3 is 1. The van der Waals surface area contributed by atoms with E-state index in [-0.39, 0.29) is 24.2 Å². The van der Waals surface area contributed by atoms with Gasteiger partial charge in [-0.15, -0.1) is 0 Å². The Hall–Kier alpha value is -3.68. The molecule has 8 nitrogen and oxygen atoms in total. The third-order valence-corrected chi connectivity index (χ3v) is 5.10. The first-order chi connectivity index (χ1) is 14.6. The minimum Gasteiger partial charge on any atom is -0.494 e. The van der Waals surface area contributed by atoms with E-state index in [0.29, 0.717) is 25.4 Å². The van der Waals surface area contributed by atoms with E-state index in [1.165, 1.54) is 0 Å². The number of pyridine rings is 1. The topological polar surface area (TPSA) is 89.4 Å². The van der Waals surface area contributed by atoms with E-state index in [0.717, 1.165) is 16.9 Å². The largest absolute Gasteiger partial charge is 0.494 e. The smallest absolute Gasteiger partial charge is 0.225 e. The van der Waals surface area contributed by atoms with Crippen LogP contribution in [-0.4, -0.2) is 45.1 Å². The normalized spacial score (nSPS) is 16.0. The highest BCUT2D eigenvalue weighted by molar-refractivity contribution is 5.89. The van der Waals surface area contributed by atoms with Crippen molar-refractivity contribution in [1.29, 1.82) is 0 Å². The molecule has 0 radical (unpaired) electrons. The molecule has 0 saturated carbocycles. The third-order valence-electron chi connectivity index (χ3n) is 5.10. The van der Waals surface area contributed by atoms with Crippen LogP contribution in [0.15, 0.2) is 61.1 Å². The first-order valence-electron chi connectivity index (χ1n) is 9.76. The highest BCUT2D eigenvalue weighted by Crippen LogP contribution is 2.22. The summed E-state index contributed by atoms with van der Waals surface area (Å²) >= 11 is 0. The summed E-state index contributed by atoms with van der Waals surface area (Å²) in [5.41, 5.74) is 2.50. The molecule has 2 aromatic heterocycles. The average Bonchev–Trinajstić information content (AvgIpc) is 3.40. The second-order valence-electron chi connectivity index (χ2n) is 7.18. The zero-order valence-electron chi connectivity index (χ0n) is 16.7. The number of likely N-dealkylation sites (tertiary alicyclic amines) is 1. The number of nitrogens with zero attached hydrogens (tertiary/aromatic N) is 4. The van der Waals surface area contributed by atoms with Crippen LogP contribution in [0.1, 0.15) is 17.7 Å². The number of hydrogen-bond donors (Lipinski definition) is 1. The lowest BCUT2D eigenvalue weighted by Gasteiger charge is -2.16. The minimum atomic E-state index is -0.356. The van der Waals surface area contributed by atoms with Crippen molar-refractivity contribution < 1.29 is 14.3 Å². The Balaban J connectivity index is 1.33. The van der Waals surface area contributed by atoms with Gasteiger partial charge in [-0.3, -0.25) is 14.6 Å². The molecule has 0 spiro atoms. The number of nitrogens with one attached hydrogen (secondary N) is 1. The Bertz CT molecular complexity index is 1030. The van der Waals surface area contributed by atoms with Gasteiger partial charge >= 0.3 is 0 Å². The molecule has 0 bridgehead atoms. The van der Waals surface area contributed by atoms with Gasteiger partial charge in [-0.25, -0.2) is 4.68 Å². The third kappa shape index (κ3) is 4.32. The van der Waals surface area contributed by atoms with E-state index >= 15 is 0 Å². The second kappa shape index (κ2) is 8.77. The molecule has 0 aliphatic carbocycles. The summed E-state index contributed by atoms with van der Waals surface area (Å²) in [5, 5.41) is 7.28. The van der Waals surface area contributed by atoms with Gasteiger partial charge in [-0.2, -0.15) is 5.10 Å². The van der Waals surface area contributed by atoms with Crippen molar-refractivity contribution in [3.63, 3.8) is 0 Å². The fourth-order valence-corrected chi connectivity index (χ4v) is 3.52. The zero-order chi connectivity index (χ0) is 20.9. The number of amides is 2. The standard InChI is InChI=1S/C22H23N5O3/c1-30-20-8-3-2-7-19(20)27-13-16(12-25-27)11-24-22(29)17-10-21(28)26(14-17)15-18-6-4-5-9-23-18/h2-9,12-13,17H,10-11,14-15H2,1H3,(H,24,29)/t17-/m0/s1. The molecular formula is C22H23N5O3. The number of carbonyl (C=O) groups excluding carboxylic acids is 2. The van der Waals surface area contributed by atoms with Crippen molar-refractivity contribution in [3.05, 3.63) is 72.3 Å². The minimum absolute atomic E-state index is 0.0233. The maximum atomic E-state index is 12.6. The van der Waals surface area contributed by atoms with Gasteiger partial charge in [-0.05, 0) is 24.3 Å². The number of rotatable bonds is 7. The molecule has 1 aliphatic rings. The van der Waals surface area contributed by atoms with Gasteiger partial charge in [0.15, 0.2) is 0 Å². The van der Waals surface area contributed by atoms with E-state index in [9.17, 15) is 9.59 Å². The Morgan fingerprint density at radius 2 is 2.07 bits per heavy atom. The van der Waals surface area contributed by atoms with Crippen LogP contribution in [0.5, 0.6) is 5.75 Å². The number of para-hydroxylation sites is 2. The van der Waals surface area contributed by atoms with Crippen LogP contribution in [0.4, 0.5) is 0 Å². The molecule has 3 aromatic rings. The Labute approximate surface area is 174 Å². The van der Waals surface area contributed by atoms with Crippen molar-refractivity contribution in [3.8, 4) is 11.4 Å². The van der Waals surface area contributed by atoms with Crippen LogP contribution in [0.3, 0.4) is 0 Å². The van der Waals surface area contributed by atoms with Crippen molar-refractivity contribution in [2.75, 3.05) is 13.7 Å². The molecule has 4 rings (SSSR count). The van der Waals surface area contributed by atoms with Gasteiger partial charge in [0.25, 0.3) is 0 Å². The Morgan fingerprint density at radius 3 is 2.87 bits per heavy atom. The monoisotopic (exact) mass is 405 g/mol. The SMILES string of the molecule is COc1ccccc1-n1cc(CNC(=O)[C@H]2CC(=O)N(Cc3ccccn3)C2)cn1. The molecule has 1 atom stereocenters.